The molecule has 0 saturated heterocycles. The van der Waals surface area contributed by atoms with Gasteiger partial charge < -0.3 is 4.43 Å². The fourth-order valence-corrected chi connectivity index (χ4v) is 2.66. The van der Waals surface area contributed by atoms with Gasteiger partial charge in [0.1, 0.15) is 0 Å². The first-order chi connectivity index (χ1) is 5.81. The van der Waals surface area contributed by atoms with Gasteiger partial charge in [0.2, 0.25) is 0 Å². The minimum Gasteiger partial charge on any atom is -0.418 e. The van der Waals surface area contributed by atoms with E-state index in [0.29, 0.717) is 5.04 Å². The third-order valence-corrected chi connectivity index (χ3v) is 4.72. The molecule has 0 radical (unpaired) electrons. The molecule has 1 rings (SSSR count). The van der Waals surface area contributed by atoms with Crippen LogP contribution in [0, 0.1) is 5.92 Å². The maximum Gasteiger partial charge on any atom is 0.167 e. The fraction of sp³-hybridized carbons (Fsp3) is 1.00. The molecule has 0 spiro atoms. The second kappa shape index (κ2) is 3.74. The van der Waals surface area contributed by atoms with Crippen molar-refractivity contribution >= 4 is 9.76 Å². The van der Waals surface area contributed by atoms with Crippen molar-refractivity contribution in [3.63, 3.8) is 0 Å². The lowest BCUT2D eigenvalue weighted by molar-refractivity contribution is 0.00446. The summed E-state index contributed by atoms with van der Waals surface area (Å²) in [5, 5.41) is 0.432. The van der Waals surface area contributed by atoms with Crippen LogP contribution in [0.4, 0.5) is 0 Å². The van der Waals surface area contributed by atoms with Gasteiger partial charge in [0.25, 0.3) is 0 Å². The van der Waals surface area contributed by atoms with Crippen LogP contribution >= 0.6 is 0 Å². The lowest BCUT2D eigenvalue weighted by atomic mass is 9.75. The Labute approximate surface area is 85.2 Å². The number of hydrogen-bond acceptors (Lipinski definition) is 1. The van der Waals surface area contributed by atoms with E-state index in [1.54, 1.807) is 0 Å². The van der Waals surface area contributed by atoms with Crippen molar-refractivity contribution in [1.82, 2.24) is 0 Å². The Bertz CT molecular complexity index is 165. The van der Waals surface area contributed by atoms with Gasteiger partial charge in [-0.25, -0.2) is 0 Å². The normalized spacial score (nSPS) is 21.0. The quantitative estimate of drug-likeness (QED) is 0.637. The van der Waals surface area contributed by atoms with Crippen LogP contribution in [0.3, 0.4) is 0 Å². The lowest BCUT2D eigenvalue weighted by Gasteiger charge is -2.42. The third kappa shape index (κ3) is 3.43. The largest absolute Gasteiger partial charge is 0.418 e. The summed E-state index contributed by atoms with van der Waals surface area (Å²) in [6.07, 6.45) is 4.17. The van der Waals surface area contributed by atoms with Gasteiger partial charge in [0, 0.05) is 0 Å². The summed E-state index contributed by atoms with van der Waals surface area (Å²) in [5.74, 6) is 0.836. The number of rotatable bonds is 3. The molecule has 78 valence electrons. The van der Waals surface area contributed by atoms with Crippen molar-refractivity contribution in [2.75, 3.05) is 0 Å². The van der Waals surface area contributed by atoms with Crippen LogP contribution in [0.5, 0.6) is 0 Å². The monoisotopic (exact) mass is 200 g/mol. The highest BCUT2D eigenvalue weighted by molar-refractivity contribution is 6.31. The first kappa shape index (κ1) is 11.3. The summed E-state index contributed by atoms with van der Waals surface area (Å²) in [4.78, 5) is 0. The first-order valence-electron chi connectivity index (χ1n) is 5.45. The summed E-state index contributed by atoms with van der Waals surface area (Å²) in [6.45, 7) is 11.4. The highest BCUT2D eigenvalue weighted by Crippen LogP contribution is 2.38. The minimum atomic E-state index is -0.373. The molecule has 13 heavy (non-hydrogen) atoms. The van der Waals surface area contributed by atoms with E-state index in [1.807, 2.05) is 0 Å². The van der Waals surface area contributed by atoms with Gasteiger partial charge in [-0.15, -0.1) is 0 Å². The molecular formula is C11H24OSi. The van der Waals surface area contributed by atoms with Gasteiger partial charge in [-0.1, -0.05) is 27.2 Å². The zero-order valence-corrected chi connectivity index (χ0v) is 11.2. The van der Waals surface area contributed by atoms with Crippen molar-refractivity contribution < 1.29 is 4.43 Å². The summed E-state index contributed by atoms with van der Waals surface area (Å²) in [6, 6.07) is 0. The molecule has 0 aromatic rings. The number of hydrogen-bond donors (Lipinski definition) is 0. The van der Waals surface area contributed by atoms with Crippen LogP contribution in [0.15, 0.2) is 0 Å². The van der Waals surface area contributed by atoms with Crippen molar-refractivity contribution in [1.29, 1.82) is 0 Å². The maximum absolute atomic E-state index is 6.14. The van der Waals surface area contributed by atoms with E-state index in [1.165, 1.54) is 19.3 Å². The Balaban J connectivity index is 2.33. The Morgan fingerprint density at radius 1 is 1.08 bits per heavy atom. The van der Waals surface area contributed by atoms with Gasteiger partial charge in [-0.3, -0.25) is 0 Å². The van der Waals surface area contributed by atoms with Crippen molar-refractivity contribution in [3.8, 4) is 0 Å². The zero-order valence-electron chi connectivity index (χ0n) is 9.81. The Hall–Kier alpha value is 0.177. The predicted molar refractivity (Wildman–Crippen MR) is 60.8 cm³/mol. The van der Waals surface area contributed by atoms with Crippen LogP contribution in [0.25, 0.3) is 0 Å². The van der Waals surface area contributed by atoms with Crippen molar-refractivity contribution in [2.45, 2.75) is 64.5 Å². The molecule has 1 nitrogen and oxygen atoms in total. The average Bonchev–Trinajstić information content (AvgIpc) is 1.77. The van der Waals surface area contributed by atoms with Crippen LogP contribution in [0.1, 0.15) is 53.9 Å². The van der Waals surface area contributed by atoms with Gasteiger partial charge >= 0.3 is 0 Å². The van der Waals surface area contributed by atoms with Gasteiger partial charge in [-0.2, -0.15) is 0 Å². The first-order valence-corrected chi connectivity index (χ1v) is 6.74. The van der Waals surface area contributed by atoms with E-state index in [-0.39, 0.29) is 15.4 Å². The highest BCUT2D eigenvalue weighted by Gasteiger charge is 2.35. The van der Waals surface area contributed by atoms with Gasteiger partial charge in [0.15, 0.2) is 9.76 Å². The van der Waals surface area contributed by atoms with E-state index < -0.39 is 0 Å². The molecular weight excluding hydrogens is 176 g/mol. The van der Waals surface area contributed by atoms with E-state index in [2.05, 4.69) is 34.6 Å². The standard InChI is InChI=1S/C11H24OSi/c1-10(2,3)13-12-11(4,5)9-7-6-8-9/h9H,6-8,13H2,1-5H3. The third-order valence-electron chi connectivity index (χ3n) is 2.97. The minimum absolute atomic E-state index is 0.164. The van der Waals surface area contributed by atoms with Crippen LogP contribution in [0.2, 0.25) is 5.04 Å². The SMILES string of the molecule is CC(C)(C)[SiH2]OC(C)(C)C1CCC1. The van der Waals surface area contributed by atoms with Gasteiger partial charge in [0.05, 0.1) is 5.60 Å². The Morgan fingerprint density at radius 3 is 1.92 bits per heavy atom. The highest BCUT2D eigenvalue weighted by atomic mass is 28.2. The molecule has 0 aliphatic heterocycles. The Morgan fingerprint density at radius 2 is 1.62 bits per heavy atom. The molecule has 1 aliphatic rings. The molecule has 0 atom stereocenters. The lowest BCUT2D eigenvalue weighted by Crippen LogP contribution is -2.40. The Kier molecular flexibility index (Phi) is 3.23. The second-order valence-electron chi connectivity index (χ2n) is 6.08. The molecule has 0 N–H and O–H groups in total. The molecule has 2 heteroatoms. The van der Waals surface area contributed by atoms with E-state index in [4.69, 9.17) is 4.43 Å². The summed E-state index contributed by atoms with van der Waals surface area (Å²) < 4.78 is 6.14. The summed E-state index contributed by atoms with van der Waals surface area (Å²) >= 11 is 0. The molecule has 0 bridgehead atoms. The molecule has 1 saturated carbocycles. The smallest absolute Gasteiger partial charge is 0.167 e. The molecule has 1 fully saturated rings. The maximum atomic E-state index is 6.14. The average molecular weight is 200 g/mol. The van der Waals surface area contributed by atoms with Crippen LogP contribution in [-0.4, -0.2) is 15.4 Å². The molecule has 0 amide bonds. The predicted octanol–water partition coefficient (Wildman–Crippen LogP) is 2.88. The fourth-order valence-electron chi connectivity index (χ4n) is 1.62. The molecule has 0 aromatic carbocycles. The topological polar surface area (TPSA) is 9.23 Å². The second-order valence-corrected chi connectivity index (χ2v) is 8.78. The van der Waals surface area contributed by atoms with E-state index >= 15 is 0 Å². The van der Waals surface area contributed by atoms with E-state index in [0.717, 1.165) is 5.92 Å². The van der Waals surface area contributed by atoms with Crippen molar-refractivity contribution in [3.05, 3.63) is 0 Å². The summed E-state index contributed by atoms with van der Waals surface area (Å²) in [7, 11) is -0.373. The summed E-state index contributed by atoms with van der Waals surface area (Å²) in [5.41, 5.74) is 0.164. The van der Waals surface area contributed by atoms with Crippen LogP contribution < -0.4 is 0 Å². The molecule has 0 aromatic heterocycles. The molecule has 0 heterocycles. The van der Waals surface area contributed by atoms with Gasteiger partial charge in [-0.05, 0) is 37.6 Å². The van der Waals surface area contributed by atoms with Crippen molar-refractivity contribution in [2.24, 2.45) is 5.92 Å². The van der Waals surface area contributed by atoms with Crippen LogP contribution in [-0.2, 0) is 4.43 Å². The molecule has 0 unspecified atom stereocenters. The molecule has 1 aliphatic carbocycles. The van der Waals surface area contributed by atoms with E-state index in [9.17, 15) is 0 Å². The zero-order chi connectivity index (χ0) is 10.1.